The number of Topliss-reactive ketones (excluding diaryl/α,β-unsaturated/α-hetero) is 1. The molecule has 1 fully saturated rings. The van der Waals surface area contributed by atoms with Gasteiger partial charge < -0.3 is 9.26 Å². The SMILES string of the molecule is CCOC1(c2noc(C(C)C(=O)C(F)(F)F)n2)CCCC1. The number of carbonyl (C=O) groups is 1. The number of carbonyl (C=O) groups excluding carboxylic acids is 1. The molecule has 0 radical (unpaired) electrons. The molecule has 0 aromatic carbocycles. The molecule has 1 aromatic heterocycles. The van der Waals surface area contributed by atoms with Gasteiger partial charge in [-0.2, -0.15) is 18.2 Å². The first kappa shape index (κ1) is 15.9. The van der Waals surface area contributed by atoms with E-state index < -0.39 is 23.5 Å². The molecule has 1 atom stereocenters. The van der Waals surface area contributed by atoms with E-state index >= 15 is 0 Å². The number of rotatable bonds is 5. The van der Waals surface area contributed by atoms with E-state index in [1.54, 1.807) is 0 Å². The Morgan fingerprint density at radius 1 is 1.43 bits per heavy atom. The highest BCUT2D eigenvalue weighted by molar-refractivity contribution is 5.89. The maximum absolute atomic E-state index is 12.4. The standard InChI is InChI=1S/C13H17F3N2O3/c1-3-20-12(6-4-5-7-12)11-17-10(21-18-11)8(2)9(19)13(14,15)16/h8H,3-7H2,1-2H3. The molecule has 0 spiro atoms. The molecule has 5 nitrogen and oxygen atoms in total. The van der Waals surface area contributed by atoms with Crippen molar-refractivity contribution in [3.63, 3.8) is 0 Å². The predicted molar refractivity (Wildman–Crippen MR) is 65.5 cm³/mol. The van der Waals surface area contributed by atoms with Gasteiger partial charge in [0.25, 0.3) is 0 Å². The van der Waals surface area contributed by atoms with Gasteiger partial charge >= 0.3 is 6.18 Å². The molecule has 0 aliphatic heterocycles. The summed E-state index contributed by atoms with van der Waals surface area (Å²) in [5, 5.41) is 3.74. The van der Waals surface area contributed by atoms with E-state index in [0.29, 0.717) is 19.4 Å². The number of aromatic nitrogens is 2. The molecule has 0 N–H and O–H groups in total. The second-order valence-electron chi connectivity index (χ2n) is 5.17. The smallest absolute Gasteiger partial charge is 0.367 e. The summed E-state index contributed by atoms with van der Waals surface area (Å²) < 4.78 is 47.8. The fourth-order valence-corrected chi connectivity index (χ4v) is 2.61. The van der Waals surface area contributed by atoms with Gasteiger partial charge in [-0.05, 0) is 39.5 Å². The molecule has 1 aliphatic rings. The zero-order chi connectivity index (χ0) is 15.7. The van der Waals surface area contributed by atoms with Crippen molar-refractivity contribution in [2.75, 3.05) is 6.61 Å². The van der Waals surface area contributed by atoms with Crippen molar-refractivity contribution < 1.29 is 27.2 Å². The zero-order valence-corrected chi connectivity index (χ0v) is 11.9. The first-order chi connectivity index (χ1) is 9.80. The van der Waals surface area contributed by atoms with Crippen LogP contribution in [0.1, 0.15) is 57.2 Å². The van der Waals surface area contributed by atoms with Gasteiger partial charge in [0.2, 0.25) is 17.5 Å². The molecule has 1 aliphatic carbocycles. The van der Waals surface area contributed by atoms with Crippen molar-refractivity contribution in [2.24, 2.45) is 0 Å². The second-order valence-corrected chi connectivity index (χ2v) is 5.17. The van der Waals surface area contributed by atoms with Crippen LogP contribution in [0.15, 0.2) is 4.52 Å². The molecular weight excluding hydrogens is 289 g/mol. The van der Waals surface area contributed by atoms with E-state index in [9.17, 15) is 18.0 Å². The van der Waals surface area contributed by atoms with Gasteiger partial charge in [0.15, 0.2) is 0 Å². The summed E-state index contributed by atoms with van der Waals surface area (Å²) in [5.74, 6) is -3.49. The minimum atomic E-state index is -4.92. The van der Waals surface area contributed by atoms with Crippen molar-refractivity contribution in [3.8, 4) is 0 Å². The minimum Gasteiger partial charge on any atom is -0.367 e. The van der Waals surface area contributed by atoms with E-state index in [0.717, 1.165) is 19.8 Å². The number of halogens is 3. The molecule has 1 heterocycles. The summed E-state index contributed by atoms with van der Waals surface area (Å²) in [7, 11) is 0. The molecule has 1 unspecified atom stereocenters. The Hall–Kier alpha value is -1.44. The van der Waals surface area contributed by atoms with Gasteiger partial charge in [0.05, 0.1) is 0 Å². The number of ether oxygens (including phenoxy) is 1. The van der Waals surface area contributed by atoms with Crippen LogP contribution in [-0.2, 0) is 15.1 Å². The summed E-state index contributed by atoms with van der Waals surface area (Å²) in [6, 6.07) is 0. The monoisotopic (exact) mass is 306 g/mol. The molecule has 1 aromatic rings. The molecular formula is C13H17F3N2O3. The Morgan fingerprint density at radius 3 is 2.57 bits per heavy atom. The van der Waals surface area contributed by atoms with Gasteiger partial charge in [-0.25, -0.2) is 0 Å². The Kier molecular flexibility index (Phi) is 4.36. The predicted octanol–water partition coefficient (Wildman–Crippen LogP) is 3.11. The average molecular weight is 306 g/mol. The topological polar surface area (TPSA) is 65.2 Å². The molecule has 21 heavy (non-hydrogen) atoms. The maximum Gasteiger partial charge on any atom is 0.450 e. The Balaban J connectivity index is 2.23. The molecule has 8 heteroatoms. The summed E-state index contributed by atoms with van der Waals surface area (Å²) in [6.07, 6.45) is -1.66. The summed E-state index contributed by atoms with van der Waals surface area (Å²) in [6.45, 7) is 3.38. The van der Waals surface area contributed by atoms with Gasteiger partial charge in [-0.1, -0.05) is 5.16 Å². The number of nitrogens with zero attached hydrogens (tertiary/aromatic N) is 2. The molecule has 2 rings (SSSR count). The lowest BCUT2D eigenvalue weighted by atomic mass is 10.0. The van der Waals surface area contributed by atoms with Crippen LogP contribution in [-0.4, -0.2) is 28.7 Å². The van der Waals surface area contributed by atoms with Crippen LogP contribution in [0.2, 0.25) is 0 Å². The van der Waals surface area contributed by atoms with Gasteiger partial charge in [-0.15, -0.1) is 0 Å². The molecule has 1 saturated carbocycles. The fourth-order valence-electron chi connectivity index (χ4n) is 2.61. The highest BCUT2D eigenvalue weighted by Gasteiger charge is 2.46. The number of hydrogen-bond acceptors (Lipinski definition) is 5. The van der Waals surface area contributed by atoms with Crippen LogP contribution >= 0.6 is 0 Å². The highest BCUT2D eigenvalue weighted by Crippen LogP contribution is 2.41. The van der Waals surface area contributed by atoms with Crippen molar-refractivity contribution in [2.45, 2.75) is 57.2 Å². The second kappa shape index (κ2) is 5.75. The highest BCUT2D eigenvalue weighted by atomic mass is 19.4. The van der Waals surface area contributed by atoms with Crippen LogP contribution in [0.3, 0.4) is 0 Å². The summed E-state index contributed by atoms with van der Waals surface area (Å²) in [4.78, 5) is 15.2. The lowest BCUT2D eigenvalue weighted by Crippen LogP contribution is -2.29. The van der Waals surface area contributed by atoms with E-state index in [2.05, 4.69) is 10.1 Å². The molecule has 118 valence electrons. The van der Waals surface area contributed by atoms with E-state index in [-0.39, 0.29) is 11.7 Å². The molecule has 0 amide bonds. The van der Waals surface area contributed by atoms with Crippen molar-refractivity contribution in [1.29, 1.82) is 0 Å². The van der Waals surface area contributed by atoms with E-state index in [1.165, 1.54) is 0 Å². The largest absolute Gasteiger partial charge is 0.450 e. The third-order valence-electron chi connectivity index (χ3n) is 3.72. The molecule has 0 bridgehead atoms. The van der Waals surface area contributed by atoms with Gasteiger partial charge in [-0.3, -0.25) is 4.79 Å². The first-order valence-electron chi connectivity index (χ1n) is 6.89. The Labute approximate surface area is 119 Å². The Bertz CT molecular complexity index is 507. The lowest BCUT2D eigenvalue weighted by molar-refractivity contribution is -0.172. The van der Waals surface area contributed by atoms with Crippen molar-refractivity contribution >= 4 is 5.78 Å². The molecule has 0 saturated heterocycles. The van der Waals surface area contributed by atoms with Gasteiger partial charge in [0.1, 0.15) is 11.5 Å². The average Bonchev–Trinajstić information content (AvgIpc) is 3.05. The quantitative estimate of drug-likeness (QED) is 0.836. The summed E-state index contributed by atoms with van der Waals surface area (Å²) >= 11 is 0. The number of alkyl halides is 3. The third-order valence-corrected chi connectivity index (χ3v) is 3.72. The third kappa shape index (κ3) is 3.09. The van der Waals surface area contributed by atoms with Crippen molar-refractivity contribution in [3.05, 3.63) is 11.7 Å². The normalized spacial score (nSPS) is 19.7. The van der Waals surface area contributed by atoms with Crippen LogP contribution < -0.4 is 0 Å². The Morgan fingerprint density at radius 2 is 2.05 bits per heavy atom. The van der Waals surface area contributed by atoms with Crippen LogP contribution in [0.4, 0.5) is 13.2 Å². The zero-order valence-electron chi connectivity index (χ0n) is 11.9. The maximum atomic E-state index is 12.4. The summed E-state index contributed by atoms with van der Waals surface area (Å²) in [5.41, 5.74) is -0.697. The fraction of sp³-hybridized carbons (Fsp3) is 0.769. The van der Waals surface area contributed by atoms with E-state index in [4.69, 9.17) is 9.26 Å². The van der Waals surface area contributed by atoms with E-state index in [1.807, 2.05) is 6.92 Å². The van der Waals surface area contributed by atoms with Gasteiger partial charge in [0, 0.05) is 6.61 Å². The van der Waals surface area contributed by atoms with Crippen LogP contribution in [0.25, 0.3) is 0 Å². The number of ketones is 1. The van der Waals surface area contributed by atoms with Crippen LogP contribution in [0, 0.1) is 0 Å². The number of hydrogen-bond donors (Lipinski definition) is 0. The van der Waals surface area contributed by atoms with Crippen LogP contribution in [0.5, 0.6) is 0 Å². The van der Waals surface area contributed by atoms with Crippen molar-refractivity contribution in [1.82, 2.24) is 10.1 Å². The lowest BCUT2D eigenvalue weighted by Gasteiger charge is -2.24. The minimum absolute atomic E-state index is 0.235. The first-order valence-corrected chi connectivity index (χ1v) is 6.89.